The van der Waals surface area contributed by atoms with Gasteiger partial charge in [-0.2, -0.15) is 5.10 Å². The number of carbonyl (C=O) groups excluding carboxylic acids is 1. The van der Waals surface area contributed by atoms with Gasteiger partial charge >= 0.3 is 6.03 Å². The zero-order valence-electron chi connectivity index (χ0n) is 13.7. The predicted octanol–water partition coefficient (Wildman–Crippen LogP) is 1.88. The summed E-state index contributed by atoms with van der Waals surface area (Å²) in [6, 6.07) is 1.85. The molecule has 1 fully saturated rings. The van der Waals surface area contributed by atoms with E-state index in [1.54, 1.807) is 0 Å². The SMILES string of the molecule is Cc1cc(C)n(CCCNC(=O)NCC2(O)CCCCC2)n1. The first-order valence-electron chi connectivity index (χ1n) is 8.24. The molecule has 22 heavy (non-hydrogen) atoms. The van der Waals surface area contributed by atoms with E-state index in [2.05, 4.69) is 15.7 Å². The molecule has 0 saturated heterocycles. The van der Waals surface area contributed by atoms with E-state index < -0.39 is 5.60 Å². The molecule has 0 atom stereocenters. The molecule has 6 heteroatoms. The van der Waals surface area contributed by atoms with Crippen LogP contribution in [0, 0.1) is 13.8 Å². The number of hydrogen-bond acceptors (Lipinski definition) is 3. The highest BCUT2D eigenvalue weighted by Gasteiger charge is 2.29. The number of rotatable bonds is 6. The lowest BCUT2D eigenvalue weighted by atomic mass is 9.85. The van der Waals surface area contributed by atoms with Crippen LogP contribution in [0.3, 0.4) is 0 Å². The molecule has 0 aromatic carbocycles. The van der Waals surface area contributed by atoms with Crippen molar-refractivity contribution in [2.75, 3.05) is 13.1 Å². The summed E-state index contributed by atoms with van der Waals surface area (Å²) in [5, 5.41) is 20.3. The van der Waals surface area contributed by atoms with Crippen LogP contribution >= 0.6 is 0 Å². The maximum atomic E-state index is 11.8. The molecule has 1 aromatic heterocycles. The summed E-state index contributed by atoms with van der Waals surface area (Å²) in [4.78, 5) is 11.8. The third kappa shape index (κ3) is 5.02. The highest BCUT2D eigenvalue weighted by atomic mass is 16.3. The Hall–Kier alpha value is -1.56. The van der Waals surface area contributed by atoms with E-state index >= 15 is 0 Å². The molecule has 1 aliphatic carbocycles. The highest BCUT2D eigenvalue weighted by molar-refractivity contribution is 5.73. The second kappa shape index (κ2) is 7.63. The van der Waals surface area contributed by atoms with Crippen LogP contribution in [0.25, 0.3) is 0 Å². The number of aliphatic hydroxyl groups is 1. The van der Waals surface area contributed by atoms with Crippen molar-refractivity contribution in [1.82, 2.24) is 20.4 Å². The third-order valence-corrected chi connectivity index (χ3v) is 4.30. The summed E-state index contributed by atoms with van der Waals surface area (Å²) in [5.41, 5.74) is 1.45. The highest BCUT2D eigenvalue weighted by Crippen LogP contribution is 2.27. The molecule has 1 aliphatic rings. The molecular formula is C16H28N4O2. The van der Waals surface area contributed by atoms with Gasteiger partial charge in [0.15, 0.2) is 0 Å². The first kappa shape index (κ1) is 16.8. The Balaban J connectivity index is 1.60. The quantitative estimate of drug-likeness (QED) is 0.702. The standard InChI is InChI=1S/C16H28N4O2/c1-13-11-14(2)20(19-13)10-6-9-17-15(21)18-12-16(22)7-4-3-5-8-16/h11,22H,3-10,12H2,1-2H3,(H2,17,18,21). The van der Waals surface area contributed by atoms with E-state index in [-0.39, 0.29) is 6.03 Å². The first-order valence-corrected chi connectivity index (χ1v) is 8.24. The van der Waals surface area contributed by atoms with E-state index in [9.17, 15) is 9.90 Å². The van der Waals surface area contributed by atoms with Crippen LogP contribution in [0.2, 0.25) is 0 Å². The molecule has 2 rings (SSSR count). The molecule has 0 radical (unpaired) electrons. The number of nitrogens with zero attached hydrogens (tertiary/aromatic N) is 2. The number of hydrogen-bond donors (Lipinski definition) is 3. The van der Waals surface area contributed by atoms with Gasteiger partial charge < -0.3 is 15.7 Å². The molecule has 2 amide bonds. The van der Waals surface area contributed by atoms with Gasteiger partial charge in [-0.15, -0.1) is 0 Å². The normalized spacial score (nSPS) is 17.2. The van der Waals surface area contributed by atoms with Gasteiger partial charge in [0.2, 0.25) is 0 Å². The number of carbonyl (C=O) groups is 1. The fourth-order valence-corrected chi connectivity index (χ4v) is 3.03. The maximum absolute atomic E-state index is 11.8. The van der Waals surface area contributed by atoms with Crippen molar-refractivity contribution in [3.63, 3.8) is 0 Å². The number of aryl methyl sites for hydroxylation is 3. The second-order valence-corrected chi connectivity index (χ2v) is 6.40. The van der Waals surface area contributed by atoms with E-state index in [0.717, 1.165) is 50.0 Å². The van der Waals surface area contributed by atoms with Crippen molar-refractivity contribution < 1.29 is 9.90 Å². The number of urea groups is 1. The minimum Gasteiger partial charge on any atom is -0.388 e. The van der Waals surface area contributed by atoms with Crippen LogP contribution < -0.4 is 10.6 Å². The van der Waals surface area contributed by atoms with Gasteiger partial charge in [0.25, 0.3) is 0 Å². The molecule has 0 aliphatic heterocycles. The summed E-state index contributed by atoms with van der Waals surface area (Å²) < 4.78 is 1.96. The van der Waals surface area contributed by atoms with E-state index in [1.807, 2.05) is 24.6 Å². The Morgan fingerprint density at radius 1 is 1.32 bits per heavy atom. The molecule has 124 valence electrons. The largest absolute Gasteiger partial charge is 0.388 e. The Morgan fingerprint density at radius 3 is 2.68 bits per heavy atom. The van der Waals surface area contributed by atoms with Crippen molar-refractivity contribution in [3.8, 4) is 0 Å². The minimum absolute atomic E-state index is 0.202. The van der Waals surface area contributed by atoms with Crippen molar-refractivity contribution >= 4 is 6.03 Å². The van der Waals surface area contributed by atoms with Gasteiger partial charge in [0.05, 0.1) is 11.3 Å². The van der Waals surface area contributed by atoms with Crippen molar-refractivity contribution in [3.05, 3.63) is 17.5 Å². The Labute approximate surface area is 132 Å². The smallest absolute Gasteiger partial charge is 0.314 e. The van der Waals surface area contributed by atoms with Gasteiger partial charge in [-0.1, -0.05) is 19.3 Å². The zero-order chi connectivity index (χ0) is 16.0. The molecule has 1 saturated carbocycles. The fraction of sp³-hybridized carbons (Fsp3) is 0.750. The Morgan fingerprint density at radius 2 is 2.05 bits per heavy atom. The van der Waals surface area contributed by atoms with Crippen LogP contribution in [0.1, 0.15) is 49.9 Å². The second-order valence-electron chi connectivity index (χ2n) is 6.40. The molecule has 1 heterocycles. The van der Waals surface area contributed by atoms with Crippen LogP contribution in [-0.4, -0.2) is 39.6 Å². The average molecular weight is 308 g/mol. The zero-order valence-corrected chi connectivity index (χ0v) is 13.7. The topological polar surface area (TPSA) is 79.2 Å². The molecular weight excluding hydrogens is 280 g/mol. The lowest BCUT2D eigenvalue weighted by molar-refractivity contribution is 0.00720. The van der Waals surface area contributed by atoms with Gasteiger partial charge in [-0.25, -0.2) is 4.79 Å². The minimum atomic E-state index is -0.709. The molecule has 6 nitrogen and oxygen atoms in total. The fourth-order valence-electron chi connectivity index (χ4n) is 3.03. The summed E-state index contributed by atoms with van der Waals surface area (Å²) in [5.74, 6) is 0. The number of aromatic nitrogens is 2. The van der Waals surface area contributed by atoms with E-state index in [0.29, 0.717) is 13.1 Å². The van der Waals surface area contributed by atoms with Crippen LogP contribution in [0.5, 0.6) is 0 Å². The molecule has 0 bridgehead atoms. The summed E-state index contributed by atoms with van der Waals surface area (Å²) >= 11 is 0. The lowest BCUT2D eigenvalue weighted by Gasteiger charge is -2.32. The monoisotopic (exact) mass is 308 g/mol. The Kier molecular flexibility index (Phi) is 5.83. The van der Waals surface area contributed by atoms with Gasteiger partial charge in [-0.05, 0) is 39.2 Å². The number of nitrogens with one attached hydrogen (secondary N) is 2. The van der Waals surface area contributed by atoms with Gasteiger partial charge in [0, 0.05) is 25.3 Å². The van der Waals surface area contributed by atoms with E-state index in [1.165, 1.54) is 6.42 Å². The average Bonchev–Trinajstić information content (AvgIpc) is 2.80. The predicted molar refractivity (Wildman–Crippen MR) is 85.8 cm³/mol. The molecule has 0 spiro atoms. The summed E-state index contributed by atoms with van der Waals surface area (Å²) in [6.07, 6.45) is 5.67. The van der Waals surface area contributed by atoms with Crippen molar-refractivity contribution in [1.29, 1.82) is 0 Å². The Bertz CT molecular complexity index is 492. The van der Waals surface area contributed by atoms with Crippen molar-refractivity contribution in [2.45, 2.75) is 64.5 Å². The van der Waals surface area contributed by atoms with Gasteiger partial charge in [0.1, 0.15) is 0 Å². The van der Waals surface area contributed by atoms with Crippen LogP contribution in [0.15, 0.2) is 6.07 Å². The molecule has 3 N–H and O–H groups in total. The van der Waals surface area contributed by atoms with Crippen LogP contribution in [-0.2, 0) is 6.54 Å². The van der Waals surface area contributed by atoms with Crippen LogP contribution in [0.4, 0.5) is 4.79 Å². The van der Waals surface area contributed by atoms with E-state index in [4.69, 9.17) is 0 Å². The summed E-state index contributed by atoms with van der Waals surface area (Å²) in [6.45, 7) is 5.75. The first-order chi connectivity index (χ1) is 10.5. The number of amides is 2. The van der Waals surface area contributed by atoms with Crippen molar-refractivity contribution in [2.24, 2.45) is 0 Å². The molecule has 1 aromatic rings. The third-order valence-electron chi connectivity index (χ3n) is 4.30. The summed E-state index contributed by atoms with van der Waals surface area (Å²) in [7, 11) is 0. The van der Waals surface area contributed by atoms with Gasteiger partial charge in [-0.3, -0.25) is 4.68 Å². The maximum Gasteiger partial charge on any atom is 0.314 e. The lowest BCUT2D eigenvalue weighted by Crippen LogP contribution is -2.47. The molecule has 0 unspecified atom stereocenters.